The number of carbonyl (C=O) groups excluding carboxylic acids is 1. The number of rotatable bonds is 6. The maximum Gasteiger partial charge on any atom is 0.309 e. The zero-order chi connectivity index (χ0) is 17.8. The number of hydrogen-bond acceptors (Lipinski definition) is 6. The summed E-state index contributed by atoms with van der Waals surface area (Å²) in [6.07, 6.45) is 0.251. The molecule has 1 aromatic heterocycles. The van der Waals surface area contributed by atoms with Gasteiger partial charge < -0.3 is 24.5 Å². The molecule has 0 bridgehead atoms. The molecule has 1 heterocycles. The summed E-state index contributed by atoms with van der Waals surface area (Å²) in [6.45, 7) is 0. The van der Waals surface area contributed by atoms with Gasteiger partial charge in [-0.2, -0.15) is 0 Å². The minimum atomic E-state index is -0.263. The van der Waals surface area contributed by atoms with Crippen molar-refractivity contribution >= 4 is 28.6 Å². The number of hydrogen-bond donors (Lipinski definition) is 2. The topological polar surface area (TPSA) is 85.5 Å². The number of nitrogens with one attached hydrogen (secondary N) is 2. The lowest BCUT2D eigenvalue weighted by atomic mass is 10.1. The van der Waals surface area contributed by atoms with Gasteiger partial charge in [0.1, 0.15) is 0 Å². The Bertz CT molecular complexity index is 846. The fraction of sp³-hybridized carbons (Fsp3) is 0.222. The van der Waals surface area contributed by atoms with Crippen LogP contribution >= 0.6 is 0 Å². The van der Waals surface area contributed by atoms with Crippen LogP contribution in [0, 0.1) is 0 Å². The van der Waals surface area contributed by atoms with Crippen LogP contribution in [0.2, 0.25) is 0 Å². The number of imidazole rings is 1. The van der Waals surface area contributed by atoms with Crippen LogP contribution in [-0.4, -0.2) is 37.3 Å². The second-order valence-electron chi connectivity index (χ2n) is 5.38. The first-order chi connectivity index (χ1) is 12.1. The number of benzene rings is 2. The van der Waals surface area contributed by atoms with Crippen LogP contribution in [-0.2, 0) is 16.0 Å². The molecule has 0 aliphatic heterocycles. The third-order valence-corrected chi connectivity index (χ3v) is 3.78. The number of ether oxygens (including phenoxy) is 3. The number of anilines is 2. The number of carbonyl (C=O) groups is 1. The minimum Gasteiger partial charge on any atom is -0.493 e. The molecule has 2 N–H and O–H groups in total. The maximum absolute atomic E-state index is 11.3. The van der Waals surface area contributed by atoms with Gasteiger partial charge in [-0.1, -0.05) is 12.1 Å². The fourth-order valence-electron chi connectivity index (χ4n) is 2.48. The quantitative estimate of drug-likeness (QED) is 0.670. The Morgan fingerprint density at radius 2 is 1.76 bits per heavy atom. The molecule has 0 spiro atoms. The van der Waals surface area contributed by atoms with Crippen molar-refractivity contribution < 1.29 is 19.0 Å². The Labute approximate surface area is 144 Å². The van der Waals surface area contributed by atoms with Crippen LogP contribution in [0.5, 0.6) is 11.5 Å². The van der Waals surface area contributed by atoms with Crippen molar-refractivity contribution in [2.45, 2.75) is 6.42 Å². The molecule has 3 aromatic rings. The SMILES string of the molecule is COC(=O)Cc1ccc(Nc2nc3cc(OC)c(OC)cc3[nH]2)cc1. The first kappa shape index (κ1) is 16.6. The first-order valence-corrected chi connectivity index (χ1v) is 7.67. The zero-order valence-electron chi connectivity index (χ0n) is 14.3. The molecule has 0 fully saturated rings. The van der Waals surface area contributed by atoms with E-state index in [4.69, 9.17) is 9.47 Å². The monoisotopic (exact) mass is 341 g/mol. The second-order valence-corrected chi connectivity index (χ2v) is 5.38. The van der Waals surface area contributed by atoms with Gasteiger partial charge in [0, 0.05) is 17.8 Å². The number of H-pyrrole nitrogens is 1. The van der Waals surface area contributed by atoms with Crippen LogP contribution in [0.3, 0.4) is 0 Å². The summed E-state index contributed by atoms with van der Waals surface area (Å²) in [5.74, 6) is 1.60. The lowest BCUT2D eigenvalue weighted by molar-refractivity contribution is -0.139. The molecule has 130 valence electrons. The number of fused-ring (bicyclic) bond motifs is 1. The summed E-state index contributed by atoms with van der Waals surface area (Å²) in [5.41, 5.74) is 3.34. The number of methoxy groups -OCH3 is 3. The van der Waals surface area contributed by atoms with Crippen LogP contribution < -0.4 is 14.8 Å². The van der Waals surface area contributed by atoms with Crippen molar-refractivity contribution in [2.24, 2.45) is 0 Å². The molecular formula is C18H19N3O4. The van der Waals surface area contributed by atoms with Gasteiger partial charge in [0.15, 0.2) is 11.5 Å². The zero-order valence-corrected chi connectivity index (χ0v) is 14.3. The number of aromatic amines is 1. The predicted octanol–water partition coefficient (Wildman–Crippen LogP) is 3.04. The fourth-order valence-corrected chi connectivity index (χ4v) is 2.48. The van der Waals surface area contributed by atoms with Crippen molar-refractivity contribution in [1.29, 1.82) is 0 Å². The predicted molar refractivity (Wildman–Crippen MR) is 94.6 cm³/mol. The molecule has 3 rings (SSSR count). The van der Waals surface area contributed by atoms with Crippen LogP contribution in [0.4, 0.5) is 11.6 Å². The van der Waals surface area contributed by atoms with Crippen LogP contribution in [0.25, 0.3) is 11.0 Å². The Hall–Kier alpha value is -3.22. The van der Waals surface area contributed by atoms with Crippen LogP contribution in [0.15, 0.2) is 36.4 Å². The summed E-state index contributed by atoms with van der Waals surface area (Å²) in [6, 6.07) is 11.2. The van der Waals surface area contributed by atoms with Gasteiger partial charge in [0.25, 0.3) is 0 Å². The highest BCUT2D eigenvalue weighted by molar-refractivity contribution is 5.82. The maximum atomic E-state index is 11.3. The van der Waals surface area contributed by atoms with E-state index >= 15 is 0 Å². The van der Waals surface area contributed by atoms with Crippen molar-refractivity contribution in [3.05, 3.63) is 42.0 Å². The average molecular weight is 341 g/mol. The van der Waals surface area contributed by atoms with E-state index in [9.17, 15) is 4.79 Å². The normalized spacial score (nSPS) is 10.5. The molecule has 0 amide bonds. The second kappa shape index (κ2) is 7.12. The van der Waals surface area contributed by atoms with Gasteiger partial charge in [-0.05, 0) is 17.7 Å². The average Bonchev–Trinajstić information content (AvgIpc) is 3.02. The molecular weight excluding hydrogens is 322 g/mol. The molecule has 0 aliphatic rings. The van der Waals surface area contributed by atoms with Gasteiger partial charge in [0.2, 0.25) is 5.95 Å². The molecule has 0 radical (unpaired) electrons. The molecule has 2 aromatic carbocycles. The van der Waals surface area contributed by atoms with Gasteiger partial charge in [-0.3, -0.25) is 4.79 Å². The van der Waals surface area contributed by atoms with Gasteiger partial charge >= 0.3 is 5.97 Å². The van der Waals surface area contributed by atoms with E-state index in [2.05, 4.69) is 20.0 Å². The van der Waals surface area contributed by atoms with Crippen molar-refractivity contribution in [2.75, 3.05) is 26.6 Å². The third-order valence-electron chi connectivity index (χ3n) is 3.78. The number of aromatic nitrogens is 2. The van der Waals surface area contributed by atoms with Crippen molar-refractivity contribution in [3.63, 3.8) is 0 Å². The number of nitrogens with zero attached hydrogens (tertiary/aromatic N) is 1. The molecule has 0 saturated carbocycles. The standard InChI is InChI=1S/C18H19N3O4/c1-23-15-9-13-14(10-16(15)24-2)21-18(20-13)19-12-6-4-11(5-7-12)8-17(22)25-3/h4-7,9-10H,8H2,1-3H3,(H2,19,20,21). The van der Waals surface area contributed by atoms with Crippen molar-refractivity contribution in [1.82, 2.24) is 9.97 Å². The molecule has 7 heteroatoms. The summed E-state index contributed by atoms with van der Waals surface area (Å²) in [5, 5.41) is 3.20. The summed E-state index contributed by atoms with van der Waals surface area (Å²) in [4.78, 5) is 19.0. The Balaban J connectivity index is 1.79. The Morgan fingerprint density at radius 1 is 1.08 bits per heavy atom. The molecule has 25 heavy (non-hydrogen) atoms. The van der Waals surface area contributed by atoms with E-state index in [1.54, 1.807) is 14.2 Å². The summed E-state index contributed by atoms with van der Waals surface area (Å²) >= 11 is 0. The largest absolute Gasteiger partial charge is 0.493 e. The van der Waals surface area contributed by atoms with E-state index in [0.29, 0.717) is 17.4 Å². The van der Waals surface area contributed by atoms with E-state index in [-0.39, 0.29) is 12.4 Å². The smallest absolute Gasteiger partial charge is 0.309 e. The highest BCUT2D eigenvalue weighted by Gasteiger charge is 2.10. The van der Waals surface area contributed by atoms with Crippen molar-refractivity contribution in [3.8, 4) is 11.5 Å². The lowest BCUT2D eigenvalue weighted by Gasteiger charge is -2.06. The van der Waals surface area contributed by atoms with E-state index in [1.807, 2.05) is 36.4 Å². The minimum absolute atomic E-state index is 0.251. The van der Waals surface area contributed by atoms with Gasteiger partial charge in [-0.15, -0.1) is 0 Å². The van der Waals surface area contributed by atoms with E-state index in [1.165, 1.54) is 7.11 Å². The molecule has 7 nitrogen and oxygen atoms in total. The van der Waals surface area contributed by atoms with E-state index in [0.717, 1.165) is 22.3 Å². The molecule has 0 atom stereocenters. The van der Waals surface area contributed by atoms with Gasteiger partial charge in [-0.25, -0.2) is 4.98 Å². The lowest BCUT2D eigenvalue weighted by Crippen LogP contribution is -2.04. The third kappa shape index (κ3) is 3.65. The van der Waals surface area contributed by atoms with Gasteiger partial charge in [0.05, 0.1) is 38.8 Å². The molecule has 0 saturated heterocycles. The van der Waals surface area contributed by atoms with E-state index < -0.39 is 0 Å². The number of esters is 1. The summed E-state index contributed by atoms with van der Waals surface area (Å²) in [7, 11) is 4.56. The summed E-state index contributed by atoms with van der Waals surface area (Å²) < 4.78 is 15.2. The highest BCUT2D eigenvalue weighted by atomic mass is 16.5. The van der Waals surface area contributed by atoms with Crippen LogP contribution in [0.1, 0.15) is 5.56 Å². The Kier molecular flexibility index (Phi) is 4.74. The molecule has 0 aliphatic carbocycles. The highest BCUT2D eigenvalue weighted by Crippen LogP contribution is 2.32. The Morgan fingerprint density at radius 3 is 2.40 bits per heavy atom. The molecule has 0 unspecified atom stereocenters. The first-order valence-electron chi connectivity index (χ1n) is 7.67.